The molecule has 2 rings (SSSR count). The molecule has 0 radical (unpaired) electrons. The van der Waals surface area contributed by atoms with Crippen LogP contribution >= 0.6 is 0 Å². The maximum Gasteiger partial charge on any atom is 0.286 e. The van der Waals surface area contributed by atoms with E-state index >= 15 is 0 Å². The van der Waals surface area contributed by atoms with Gasteiger partial charge in [-0.05, 0) is 24.1 Å². The number of amides is 2. The first-order valence-corrected chi connectivity index (χ1v) is 8.33. The molecule has 0 saturated carbocycles. The van der Waals surface area contributed by atoms with Gasteiger partial charge in [-0.1, -0.05) is 30.3 Å². The summed E-state index contributed by atoms with van der Waals surface area (Å²) in [5.41, 5.74) is 1.08. The molecule has 0 atom stereocenters. The molecule has 2 aromatic rings. The van der Waals surface area contributed by atoms with Crippen LogP contribution in [0.2, 0.25) is 0 Å². The molecule has 134 valence electrons. The fraction of sp³-hybridized carbons (Fsp3) is 0.368. The van der Waals surface area contributed by atoms with Gasteiger partial charge >= 0.3 is 0 Å². The fourth-order valence-corrected chi connectivity index (χ4v) is 2.39. The minimum absolute atomic E-state index is 0.0492. The first-order chi connectivity index (χ1) is 12.2. The predicted octanol–water partition coefficient (Wildman–Crippen LogP) is 2.46. The van der Waals surface area contributed by atoms with E-state index < -0.39 is 0 Å². The third-order valence-electron chi connectivity index (χ3n) is 3.73. The highest BCUT2D eigenvalue weighted by atomic mass is 16.5. The number of carbonyl (C=O) groups is 2. The Morgan fingerprint density at radius 2 is 1.96 bits per heavy atom. The zero-order chi connectivity index (χ0) is 17.9. The quantitative estimate of drug-likeness (QED) is 0.672. The molecule has 0 aliphatic heterocycles. The molecule has 1 aromatic heterocycles. The lowest BCUT2D eigenvalue weighted by Gasteiger charge is -2.22. The summed E-state index contributed by atoms with van der Waals surface area (Å²) in [7, 11) is 1.62. The maximum atomic E-state index is 12.5. The molecule has 1 N–H and O–H groups in total. The van der Waals surface area contributed by atoms with Crippen molar-refractivity contribution in [3.8, 4) is 0 Å². The van der Waals surface area contributed by atoms with Gasteiger partial charge in [-0.3, -0.25) is 9.59 Å². The Morgan fingerprint density at radius 3 is 2.64 bits per heavy atom. The number of nitrogens with zero attached hydrogens (tertiary/aromatic N) is 1. The zero-order valence-electron chi connectivity index (χ0n) is 14.4. The molecule has 0 fully saturated rings. The summed E-state index contributed by atoms with van der Waals surface area (Å²) in [6, 6.07) is 13.1. The Kier molecular flexibility index (Phi) is 7.72. The van der Waals surface area contributed by atoms with E-state index in [1.54, 1.807) is 24.1 Å². The second-order valence-electron chi connectivity index (χ2n) is 5.63. The van der Waals surface area contributed by atoms with Crippen molar-refractivity contribution in [3.63, 3.8) is 0 Å². The number of rotatable bonds is 10. The van der Waals surface area contributed by atoms with E-state index in [1.165, 1.54) is 6.26 Å². The highest BCUT2D eigenvalue weighted by Crippen LogP contribution is 2.07. The number of hydrogen-bond acceptors (Lipinski definition) is 4. The van der Waals surface area contributed by atoms with Gasteiger partial charge in [-0.2, -0.15) is 0 Å². The molecule has 0 saturated heterocycles. The minimum Gasteiger partial charge on any atom is -0.459 e. The van der Waals surface area contributed by atoms with Gasteiger partial charge in [0.1, 0.15) is 0 Å². The summed E-state index contributed by atoms with van der Waals surface area (Å²) in [6.45, 7) is 2.02. The molecule has 1 heterocycles. The molecule has 0 aliphatic carbocycles. The van der Waals surface area contributed by atoms with Crippen molar-refractivity contribution >= 4 is 11.8 Å². The molecule has 0 spiro atoms. The summed E-state index contributed by atoms with van der Waals surface area (Å²) in [6.07, 6.45) is 2.40. The third kappa shape index (κ3) is 6.43. The standard InChI is InChI=1S/C19H24N2O4/c1-24-14-12-21(15-16-7-3-2-4-8-16)18(22)10-5-11-20-19(23)17-9-6-13-25-17/h2-4,6-9,13H,5,10-12,14-15H2,1H3,(H,20,23). The van der Waals surface area contributed by atoms with E-state index in [9.17, 15) is 9.59 Å². The van der Waals surface area contributed by atoms with Crippen LogP contribution in [0.15, 0.2) is 53.1 Å². The van der Waals surface area contributed by atoms with Crippen molar-refractivity contribution in [2.24, 2.45) is 0 Å². The minimum atomic E-state index is -0.266. The summed E-state index contributed by atoms with van der Waals surface area (Å²) >= 11 is 0. The topological polar surface area (TPSA) is 71.8 Å². The van der Waals surface area contributed by atoms with Gasteiger partial charge < -0.3 is 19.4 Å². The predicted molar refractivity (Wildman–Crippen MR) is 94.0 cm³/mol. The lowest BCUT2D eigenvalue weighted by molar-refractivity contribution is -0.132. The van der Waals surface area contributed by atoms with Crippen LogP contribution < -0.4 is 5.32 Å². The number of benzene rings is 1. The van der Waals surface area contributed by atoms with Crippen molar-refractivity contribution < 1.29 is 18.7 Å². The van der Waals surface area contributed by atoms with Crippen LogP contribution in [0.1, 0.15) is 29.0 Å². The Hall–Kier alpha value is -2.60. The molecule has 1 aromatic carbocycles. The lowest BCUT2D eigenvalue weighted by atomic mass is 10.2. The Balaban J connectivity index is 1.77. The second-order valence-corrected chi connectivity index (χ2v) is 5.63. The van der Waals surface area contributed by atoms with Gasteiger partial charge in [0.05, 0.1) is 12.9 Å². The second kappa shape index (κ2) is 10.3. The van der Waals surface area contributed by atoms with Crippen molar-refractivity contribution in [2.75, 3.05) is 26.8 Å². The molecule has 0 bridgehead atoms. The summed E-state index contributed by atoms with van der Waals surface area (Å²) in [4.78, 5) is 26.0. The van der Waals surface area contributed by atoms with Crippen LogP contribution in [0.3, 0.4) is 0 Å². The molecular weight excluding hydrogens is 320 g/mol. The van der Waals surface area contributed by atoms with Crippen molar-refractivity contribution in [3.05, 3.63) is 60.1 Å². The van der Waals surface area contributed by atoms with E-state index in [1.807, 2.05) is 30.3 Å². The number of nitrogens with one attached hydrogen (secondary N) is 1. The van der Waals surface area contributed by atoms with Crippen LogP contribution in [0, 0.1) is 0 Å². The van der Waals surface area contributed by atoms with E-state index in [4.69, 9.17) is 9.15 Å². The van der Waals surface area contributed by atoms with Crippen molar-refractivity contribution in [2.45, 2.75) is 19.4 Å². The van der Waals surface area contributed by atoms with Crippen molar-refractivity contribution in [1.29, 1.82) is 0 Å². The zero-order valence-corrected chi connectivity index (χ0v) is 14.4. The molecule has 0 unspecified atom stereocenters. The highest BCUT2D eigenvalue weighted by molar-refractivity contribution is 5.91. The Labute approximate surface area is 147 Å². The average Bonchev–Trinajstić information content (AvgIpc) is 3.17. The Bertz CT molecular complexity index is 641. The monoisotopic (exact) mass is 344 g/mol. The smallest absolute Gasteiger partial charge is 0.286 e. The van der Waals surface area contributed by atoms with E-state index in [2.05, 4.69) is 5.32 Å². The Morgan fingerprint density at radius 1 is 1.16 bits per heavy atom. The number of methoxy groups -OCH3 is 1. The van der Waals surface area contributed by atoms with E-state index in [0.717, 1.165) is 5.56 Å². The average molecular weight is 344 g/mol. The fourth-order valence-electron chi connectivity index (χ4n) is 2.39. The molecule has 6 nitrogen and oxygen atoms in total. The van der Waals surface area contributed by atoms with Crippen LogP contribution in [-0.2, 0) is 16.1 Å². The molecule has 25 heavy (non-hydrogen) atoms. The normalized spacial score (nSPS) is 10.4. The van der Waals surface area contributed by atoms with Gasteiger partial charge in [0.15, 0.2) is 5.76 Å². The van der Waals surface area contributed by atoms with Gasteiger partial charge in [-0.25, -0.2) is 0 Å². The number of furan rings is 1. The van der Waals surface area contributed by atoms with Crippen LogP contribution in [0.5, 0.6) is 0 Å². The first kappa shape index (κ1) is 18.7. The van der Waals surface area contributed by atoms with Gasteiger partial charge in [0, 0.05) is 33.2 Å². The number of carbonyl (C=O) groups excluding carboxylic acids is 2. The van der Waals surface area contributed by atoms with Gasteiger partial charge in [-0.15, -0.1) is 0 Å². The number of hydrogen-bond donors (Lipinski definition) is 1. The van der Waals surface area contributed by atoms with Crippen LogP contribution in [0.4, 0.5) is 0 Å². The molecular formula is C19H24N2O4. The third-order valence-corrected chi connectivity index (χ3v) is 3.73. The molecule has 2 amide bonds. The largest absolute Gasteiger partial charge is 0.459 e. The summed E-state index contributed by atoms with van der Waals surface area (Å²) in [5, 5.41) is 2.74. The summed E-state index contributed by atoms with van der Waals surface area (Å²) < 4.78 is 10.1. The first-order valence-electron chi connectivity index (χ1n) is 8.33. The SMILES string of the molecule is COCCN(Cc1ccccc1)C(=O)CCCNC(=O)c1ccco1. The molecule has 0 aliphatic rings. The summed E-state index contributed by atoms with van der Waals surface area (Å²) in [5.74, 6) is 0.0586. The van der Waals surface area contributed by atoms with Crippen molar-refractivity contribution in [1.82, 2.24) is 10.2 Å². The maximum absolute atomic E-state index is 12.5. The van der Waals surface area contributed by atoms with E-state index in [0.29, 0.717) is 39.1 Å². The van der Waals surface area contributed by atoms with Gasteiger partial charge in [0.25, 0.3) is 5.91 Å². The highest BCUT2D eigenvalue weighted by Gasteiger charge is 2.14. The van der Waals surface area contributed by atoms with Gasteiger partial charge in [0.2, 0.25) is 5.91 Å². The van der Waals surface area contributed by atoms with E-state index in [-0.39, 0.29) is 17.6 Å². The van der Waals surface area contributed by atoms with Crippen LogP contribution in [-0.4, -0.2) is 43.5 Å². The number of ether oxygens (including phenoxy) is 1. The lowest BCUT2D eigenvalue weighted by Crippen LogP contribution is -2.34. The molecule has 6 heteroatoms. The van der Waals surface area contributed by atoms with Crippen LogP contribution in [0.25, 0.3) is 0 Å².